The maximum absolute atomic E-state index is 5.66. The summed E-state index contributed by atoms with van der Waals surface area (Å²) >= 11 is 0. The Morgan fingerprint density at radius 2 is 1.83 bits per heavy atom. The highest BCUT2D eigenvalue weighted by molar-refractivity contribution is 14.0. The molecule has 2 aliphatic rings. The number of nitrogens with one attached hydrogen (secondary N) is 2. The first-order chi connectivity index (χ1) is 10.7. The van der Waals surface area contributed by atoms with Crippen LogP contribution in [0.15, 0.2) is 4.99 Å². The Labute approximate surface area is 159 Å². The summed E-state index contributed by atoms with van der Waals surface area (Å²) in [4.78, 5) is 6.78. The van der Waals surface area contributed by atoms with Gasteiger partial charge in [-0.2, -0.15) is 0 Å². The van der Waals surface area contributed by atoms with Crippen LogP contribution in [0.1, 0.15) is 51.4 Å². The fourth-order valence-corrected chi connectivity index (χ4v) is 3.65. The number of rotatable bonds is 5. The van der Waals surface area contributed by atoms with Gasteiger partial charge in [0.15, 0.2) is 5.96 Å². The second-order valence-electron chi connectivity index (χ2n) is 6.97. The summed E-state index contributed by atoms with van der Waals surface area (Å²) in [5.74, 6) is 0.904. The summed E-state index contributed by atoms with van der Waals surface area (Å²) in [6, 6.07) is 0. The van der Waals surface area contributed by atoms with Crippen LogP contribution >= 0.6 is 24.0 Å². The quantitative estimate of drug-likeness (QED) is 0.300. The van der Waals surface area contributed by atoms with E-state index in [0.29, 0.717) is 6.10 Å². The van der Waals surface area contributed by atoms with E-state index in [1.54, 1.807) is 0 Å². The van der Waals surface area contributed by atoms with Crippen LogP contribution < -0.4 is 10.6 Å². The second-order valence-corrected chi connectivity index (χ2v) is 6.97. The van der Waals surface area contributed by atoms with Gasteiger partial charge < -0.3 is 20.3 Å². The SMILES string of the molecule is CN=C(NCC1CCCO1)NCC1(N(C)C)CCCCCC1.I. The van der Waals surface area contributed by atoms with E-state index in [1.807, 2.05) is 7.05 Å². The first-order valence-corrected chi connectivity index (χ1v) is 8.90. The first-order valence-electron chi connectivity index (χ1n) is 8.90. The average Bonchev–Trinajstić information content (AvgIpc) is 2.91. The zero-order valence-corrected chi connectivity index (χ0v) is 17.4. The normalized spacial score (nSPS) is 24.9. The third kappa shape index (κ3) is 6.38. The molecule has 0 bridgehead atoms. The molecule has 0 aromatic rings. The second kappa shape index (κ2) is 10.7. The molecule has 0 aromatic carbocycles. The van der Waals surface area contributed by atoms with E-state index in [-0.39, 0.29) is 29.5 Å². The van der Waals surface area contributed by atoms with Crippen molar-refractivity contribution in [1.29, 1.82) is 0 Å². The molecule has 1 heterocycles. The van der Waals surface area contributed by atoms with E-state index in [0.717, 1.165) is 32.1 Å². The summed E-state index contributed by atoms with van der Waals surface area (Å²) in [5, 5.41) is 6.97. The van der Waals surface area contributed by atoms with E-state index in [2.05, 4.69) is 34.6 Å². The lowest BCUT2D eigenvalue weighted by molar-refractivity contribution is 0.113. The van der Waals surface area contributed by atoms with Crippen LogP contribution in [-0.2, 0) is 4.74 Å². The molecule has 0 radical (unpaired) electrons. The van der Waals surface area contributed by atoms with Gasteiger partial charge in [0.2, 0.25) is 0 Å². The number of likely N-dealkylation sites (N-methyl/N-ethyl adjacent to an activating group) is 1. The molecule has 1 saturated heterocycles. The Morgan fingerprint density at radius 3 is 2.35 bits per heavy atom. The third-order valence-corrected chi connectivity index (χ3v) is 5.31. The Kier molecular flexibility index (Phi) is 9.77. The Bertz CT molecular complexity index is 349. The molecule has 2 rings (SSSR count). The first kappa shape index (κ1) is 21.0. The highest BCUT2D eigenvalue weighted by Crippen LogP contribution is 2.30. The van der Waals surface area contributed by atoms with Crippen LogP contribution in [0.3, 0.4) is 0 Å². The van der Waals surface area contributed by atoms with Gasteiger partial charge in [-0.25, -0.2) is 0 Å². The standard InChI is InChI=1S/C17H34N4O.HI/c1-18-16(19-13-15-9-8-12-22-15)20-14-17(21(2)3)10-6-4-5-7-11-17;/h15H,4-14H2,1-3H3,(H2,18,19,20);1H. The number of hydrogen-bond donors (Lipinski definition) is 2. The van der Waals surface area contributed by atoms with Crippen LogP contribution in [-0.4, -0.2) is 63.3 Å². The lowest BCUT2D eigenvalue weighted by atomic mass is 9.89. The molecule has 1 aliphatic carbocycles. The van der Waals surface area contributed by atoms with Crippen molar-refractivity contribution in [2.24, 2.45) is 4.99 Å². The molecule has 2 N–H and O–H groups in total. The average molecular weight is 438 g/mol. The van der Waals surface area contributed by atoms with Crippen LogP contribution in [0.4, 0.5) is 0 Å². The Morgan fingerprint density at radius 1 is 1.13 bits per heavy atom. The van der Waals surface area contributed by atoms with Crippen molar-refractivity contribution in [3.05, 3.63) is 0 Å². The van der Waals surface area contributed by atoms with Crippen molar-refractivity contribution in [1.82, 2.24) is 15.5 Å². The molecular formula is C17H35IN4O. The van der Waals surface area contributed by atoms with Crippen molar-refractivity contribution in [3.63, 3.8) is 0 Å². The minimum absolute atomic E-state index is 0. The van der Waals surface area contributed by atoms with Crippen molar-refractivity contribution < 1.29 is 4.74 Å². The van der Waals surface area contributed by atoms with Crippen molar-refractivity contribution in [3.8, 4) is 0 Å². The number of guanidine groups is 1. The molecule has 1 unspecified atom stereocenters. The summed E-state index contributed by atoms with van der Waals surface area (Å²) in [6.07, 6.45) is 10.7. The molecule has 0 aromatic heterocycles. The summed E-state index contributed by atoms with van der Waals surface area (Å²) in [5.41, 5.74) is 0.262. The van der Waals surface area contributed by atoms with Crippen LogP contribution in [0.25, 0.3) is 0 Å². The topological polar surface area (TPSA) is 48.9 Å². The van der Waals surface area contributed by atoms with Gasteiger partial charge in [0, 0.05) is 32.3 Å². The van der Waals surface area contributed by atoms with Gasteiger partial charge in [0.25, 0.3) is 0 Å². The summed E-state index contributed by atoms with van der Waals surface area (Å²) < 4.78 is 5.66. The van der Waals surface area contributed by atoms with Crippen molar-refractivity contribution >= 4 is 29.9 Å². The van der Waals surface area contributed by atoms with Gasteiger partial charge in [0.05, 0.1) is 6.10 Å². The van der Waals surface area contributed by atoms with E-state index in [4.69, 9.17) is 4.74 Å². The summed E-state index contributed by atoms with van der Waals surface area (Å²) in [7, 11) is 6.28. The van der Waals surface area contributed by atoms with E-state index in [1.165, 1.54) is 44.9 Å². The largest absolute Gasteiger partial charge is 0.376 e. The van der Waals surface area contributed by atoms with E-state index >= 15 is 0 Å². The molecule has 2 fully saturated rings. The minimum atomic E-state index is 0. The maximum Gasteiger partial charge on any atom is 0.191 e. The van der Waals surface area contributed by atoms with Crippen molar-refractivity contribution in [2.75, 3.05) is 40.8 Å². The number of hydrogen-bond acceptors (Lipinski definition) is 3. The minimum Gasteiger partial charge on any atom is -0.376 e. The monoisotopic (exact) mass is 438 g/mol. The highest BCUT2D eigenvalue weighted by atomic mass is 127. The molecule has 136 valence electrons. The van der Waals surface area contributed by atoms with E-state index < -0.39 is 0 Å². The molecule has 23 heavy (non-hydrogen) atoms. The predicted octanol–water partition coefficient (Wildman–Crippen LogP) is 2.60. The van der Waals surface area contributed by atoms with Gasteiger partial charge in [-0.15, -0.1) is 24.0 Å². The molecular weight excluding hydrogens is 403 g/mol. The highest BCUT2D eigenvalue weighted by Gasteiger charge is 2.33. The third-order valence-electron chi connectivity index (χ3n) is 5.31. The lowest BCUT2D eigenvalue weighted by Crippen LogP contribution is -2.54. The molecule has 5 nitrogen and oxygen atoms in total. The molecule has 1 atom stereocenters. The van der Waals surface area contributed by atoms with Crippen LogP contribution in [0, 0.1) is 0 Å². The van der Waals surface area contributed by atoms with Gasteiger partial charge in [-0.3, -0.25) is 4.99 Å². The van der Waals surface area contributed by atoms with Gasteiger partial charge in [0.1, 0.15) is 0 Å². The van der Waals surface area contributed by atoms with Gasteiger partial charge in [-0.1, -0.05) is 25.7 Å². The number of ether oxygens (including phenoxy) is 1. The van der Waals surface area contributed by atoms with Gasteiger partial charge in [-0.05, 0) is 39.8 Å². The number of nitrogens with zero attached hydrogens (tertiary/aromatic N) is 2. The molecule has 1 saturated carbocycles. The predicted molar refractivity (Wildman–Crippen MR) is 108 cm³/mol. The fourth-order valence-electron chi connectivity index (χ4n) is 3.65. The molecule has 6 heteroatoms. The smallest absolute Gasteiger partial charge is 0.191 e. The fraction of sp³-hybridized carbons (Fsp3) is 0.941. The number of aliphatic imine (C=N–C) groups is 1. The summed E-state index contributed by atoms with van der Waals surface area (Å²) in [6.45, 7) is 2.72. The molecule has 0 spiro atoms. The van der Waals surface area contributed by atoms with Crippen LogP contribution in [0.2, 0.25) is 0 Å². The molecule has 1 aliphatic heterocycles. The van der Waals surface area contributed by atoms with Gasteiger partial charge >= 0.3 is 0 Å². The Hall–Kier alpha value is -0.0800. The maximum atomic E-state index is 5.66. The number of halogens is 1. The van der Waals surface area contributed by atoms with E-state index in [9.17, 15) is 0 Å². The zero-order chi connectivity index (χ0) is 15.8. The molecule has 0 amide bonds. The lowest BCUT2D eigenvalue weighted by Gasteiger charge is -2.40. The van der Waals surface area contributed by atoms with Crippen molar-refractivity contribution in [2.45, 2.75) is 63.0 Å². The van der Waals surface area contributed by atoms with Crippen LogP contribution in [0.5, 0.6) is 0 Å². The Balaban J connectivity index is 0.00000264. The zero-order valence-electron chi connectivity index (χ0n) is 15.1.